The molecule has 1 aromatic carbocycles. The summed E-state index contributed by atoms with van der Waals surface area (Å²) in [6.45, 7) is 2.24. The molecule has 0 saturated carbocycles. The average Bonchev–Trinajstić information content (AvgIpc) is 2.75. The van der Waals surface area contributed by atoms with E-state index >= 15 is 0 Å². The highest BCUT2D eigenvalue weighted by molar-refractivity contribution is 5.70. The summed E-state index contributed by atoms with van der Waals surface area (Å²) >= 11 is 0. The van der Waals surface area contributed by atoms with Crippen LogP contribution in [0.4, 0.5) is 0 Å². The fraction of sp³-hybridized carbons (Fsp3) is 0.462. The van der Waals surface area contributed by atoms with E-state index in [1.807, 2.05) is 25.1 Å². The van der Waals surface area contributed by atoms with Gasteiger partial charge in [0.25, 0.3) is 0 Å². The number of ether oxygens (including phenoxy) is 2. The zero-order valence-electron chi connectivity index (χ0n) is 9.81. The monoisotopic (exact) mass is 236 g/mol. The Balaban J connectivity index is 2.09. The van der Waals surface area contributed by atoms with Gasteiger partial charge in [0, 0.05) is 0 Å². The SMILES string of the molecule is CCCC(Cc1ccc2c(c1)OCO2)C(=O)O. The molecule has 0 fully saturated rings. The minimum Gasteiger partial charge on any atom is -0.481 e. The van der Waals surface area contributed by atoms with Crippen molar-refractivity contribution in [2.24, 2.45) is 5.92 Å². The van der Waals surface area contributed by atoms with Crippen molar-refractivity contribution in [2.75, 3.05) is 6.79 Å². The van der Waals surface area contributed by atoms with E-state index in [1.54, 1.807) is 0 Å². The van der Waals surface area contributed by atoms with Crippen LogP contribution in [0.3, 0.4) is 0 Å². The number of hydrogen-bond acceptors (Lipinski definition) is 3. The molecule has 1 heterocycles. The largest absolute Gasteiger partial charge is 0.481 e. The predicted molar refractivity (Wildman–Crippen MR) is 62.3 cm³/mol. The molecule has 0 radical (unpaired) electrons. The minimum atomic E-state index is -0.732. The Hall–Kier alpha value is -1.71. The first kappa shape index (κ1) is 11.8. The van der Waals surface area contributed by atoms with Crippen LogP contribution in [-0.4, -0.2) is 17.9 Å². The Bertz CT molecular complexity index is 414. The summed E-state index contributed by atoms with van der Waals surface area (Å²) in [5.74, 6) is 0.393. The van der Waals surface area contributed by atoms with Crippen LogP contribution in [0.25, 0.3) is 0 Å². The number of carbonyl (C=O) groups is 1. The van der Waals surface area contributed by atoms with Gasteiger partial charge in [-0.25, -0.2) is 0 Å². The summed E-state index contributed by atoms with van der Waals surface area (Å²) < 4.78 is 10.5. The third-order valence-corrected chi connectivity index (χ3v) is 2.91. The van der Waals surface area contributed by atoms with E-state index in [4.69, 9.17) is 14.6 Å². The molecule has 1 aromatic rings. The van der Waals surface area contributed by atoms with E-state index in [9.17, 15) is 4.79 Å². The molecule has 0 aromatic heterocycles. The van der Waals surface area contributed by atoms with E-state index in [-0.39, 0.29) is 12.7 Å². The van der Waals surface area contributed by atoms with Gasteiger partial charge in [0.05, 0.1) is 5.92 Å². The molecule has 0 spiro atoms. The summed E-state index contributed by atoms with van der Waals surface area (Å²) in [5, 5.41) is 9.10. The Morgan fingerprint density at radius 1 is 1.41 bits per heavy atom. The highest BCUT2D eigenvalue weighted by Crippen LogP contribution is 2.33. The first-order valence-corrected chi connectivity index (χ1v) is 5.82. The second-order valence-electron chi connectivity index (χ2n) is 4.22. The molecule has 1 unspecified atom stereocenters. The molecule has 4 nitrogen and oxygen atoms in total. The quantitative estimate of drug-likeness (QED) is 0.853. The van der Waals surface area contributed by atoms with E-state index in [1.165, 1.54) is 0 Å². The number of carboxylic acids is 1. The lowest BCUT2D eigenvalue weighted by atomic mass is 9.95. The van der Waals surface area contributed by atoms with Crippen LogP contribution in [0.1, 0.15) is 25.3 Å². The standard InChI is InChI=1S/C13H16O4/c1-2-3-10(13(14)15)6-9-4-5-11-12(7-9)17-8-16-11/h4-5,7,10H,2-3,6,8H2,1H3,(H,14,15). The molecule has 0 saturated heterocycles. The van der Waals surface area contributed by atoms with E-state index in [0.29, 0.717) is 18.6 Å². The molecule has 0 bridgehead atoms. The first-order chi connectivity index (χ1) is 8.20. The van der Waals surface area contributed by atoms with E-state index < -0.39 is 5.97 Å². The van der Waals surface area contributed by atoms with Crippen molar-refractivity contribution in [1.29, 1.82) is 0 Å². The van der Waals surface area contributed by atoms with Crippen molar-refractivity contribution in [3.8, 4) is 11.5 Å². The van der Waals surface area contributed by atoms with Gasteiger partial charge in [-0.2, -0.15) is 0 Å². The molecule has 1 aliphatic heterocycles. The highest BCUT2D eigenvalue weighted by atomic mass is 16.7. The second-order valence-corrected chi connectivity index (χ2v) is 4.22. The predicted octanol–water partition coefficient (Wildman–Crippen LogP) is 2.46. The number of aliphatic carboxylic acids is 1. The average molecular weight is 236 g/mol. The summed E-state index contributed by atoms with van der Waals surface area (Å²) in [6, 6.07) is 5.61. The van der Waals surface area contributed by atoms with Crippen molar-refractivity contribution in [3.63, 3.8) is 0 Å². The number of rotatable bonds is 5. The highest BCUT2D eigenvalue weighted by Gasteiger charge is 2.19. The van der Waals surface area contributed by atoms with Crippen molar-refractivity contribution >= 4 is 5.97 Å². The number of benzene rings is 1. The summed E-state index contributed by atoms with van der Waals surface area (Å²) in [5.41, 5.74) is 0.982. The maximum absolute atomic E-state index is 11.1. The summed E-state index contributed by atoms with van der Waals surface area (Å²) in [4.78, 5) is 11.1. The van der Waals surface area contributed by atoms with Crippen LogP contribution in [0.2, 0.25) is 0 Å². The van der Waals surface area contributed by atoms with Gasteiger partial charge in [0.2, 0.25) is 6.79 Å². The molecule has 0 amide bonds. The molecular weight excluding hydrogens is 220 g/mol. The number of carboxylic acid groups (broad SMARTS) is 1. The maximum atomic E-state index is 11.1. The van der Waals surface area contributed by atoms with Gasteiger partial charge in [-0.3, -0.25) is 4.79 Å². The van der Waals surface area contributed by atoms with Gasteiger partial charge >= 0.3 is 5.97 Å². The fourth-order valence-corrected chi connectivity index (χ4v) is 2.01. The van der Waals surface area contributed by atoms with Crippen molar-refractivity contribution in [2.45, 2.75) is 26.2 Å². The van der Waals surface area contributed by atoms with Gasteiger partial charge in [0.15, 0.2) is 11.5 Å². The fourth-order valence-electron chi connectivity index (χ4n) is 2.01. The topological polar surface area (TPSA) is 55.8 Å². The Morgan fingerprint density at radius 2 is 2.18 bits per heavy atom. The molecule has 1 N–H and O–H groups in total. The van der Waals surface area contributed by atoms with E-state index in [2.05, 4.69) is 0 Å². The molecule has 92 valence electrons. The zero-order chi connectivity index (χ0) is 12.3. The molecule has 0 aliphatic carbocycles. The van der Waals surface area contributed by atoms with Crippen LogP contribution in [-0.2, 0) is 11.2 Å². The van der Waals surface area contributed by atoms with Gasteiger partial charge in [-0.05, 0) is 30.5 Å². The van der Waals surface area contributed by atoms with Crippen molar-refractivity contribution < 1.29 is 19.4 Å². The molecular formula is C13H16O4. The lowest BCUT2D eigenvalue weighted by Crippen LogP contribution is -2.16. The number of hydrogen-bond donors (Lipinski definition) is 1. The third-order valence-electron chi connectivity index (χ3n) is 2.91. The van der Waals surface area contributed by atoms with Gasteiger partial charge < -0.3 is 14.6 Å². The summed E-state index contributed by atoms with van der Waals surface area (Å²) in [7, 11) is 0. The Morgan fingerprint density at radius 3 is 2.88 bits per heavy atom. The smallest absolute Gasteiger partial charge is 0.306 e. The molecule has 1 aliphatic rings. The van der Waals surface area contributed by atoms with Crippen LogP contribution >= 0.6 is 0 Å². The number of fused-ring (bicyclic) bond motifs is 1. The van der Waals surface area contributed by atoms with Gasteiger partial charge in [-0.1, -0.05) is 19.4 Å². The Labute approximate surface area is 100 Å². The van der Waals surface area contributed by atoms with Crippen LogP contribution in [0, 0.1) is 5.92 Å². The molecule has 17 heavy (non-hydrogen) atoms. The lowest BCUT2D eigenvalue weighted by Gasteiger charge is -2.11. The second kappa shape index (κ2) is 5.08. The zero-order valence-corrected chi connectivity index (χ0v) is 9.81. The van der Waals surface area contributed by atoms with E-state index in [0.717, 1.165) is 17.7 Å². The molecule has 4 heteroatoms. The van der Waals surface area contributed by atoms with Gasteiger partial charge in [-0.15, -0.1) is 0 Å². The van der Waals surface area contributed by atoms with Crippen LogP contribution in [0.5, 0.6) is 11.5 Å². The van der Waals surface area contributed by atoms with Crippen molar-refractivity contribution in [3.05, 3.63) is 23.8 Å². The third kappa shape index (κ3) is 2.70. The maximum Gasteiger partial charge on any atom is 0.306 e. The Kier molecular flexibility index (Phi) is 3.52. The van der Waals surface area contributed by atoms with Crippen LogP contribution < -0.4 is 9.47 Å². The minimum absolute atomic E-state index is 0.246. The first-order valence-electron chi connectivity index (χ1n) is 5.82. The van der Waals surface area contributed by atoms with Crippen molar-refractivity contribution in [1.82, 2.24) is 0 Å². The lowest BCUT2D eigenvalue weighted by molar-refractivity contribution is -0.141. The van der Waals surface area contributed by atoms with Gasteiger partial charge in [0.1, 0.15) is 0 Å². The molecule has 1 atom stereocenters. The van der Waals surface area contributed by atoms with Crippen LogP contribution in [0.15, 0.2) is 18.2 Å². The normalized spacial score (nSPS) is 14.6. The summed E-state index contributed by atoms with van der Waals surface area (Å²) in [6.07, 6.45) is 2.12. The molecule has 2 rings (SSSR count).